The van der Waals surface area contributed by atoms with Crippen LogP contribution >= 0.6 is 27.5 Å². The van der Waals surface area contributed by atoms with E-state index < -0.39 is 40.4 Å². The zero-order valence-corrected chi connectivity index (χ0v) is 27.2. The van der Waals surface area contributed by atoms with E-state index in [1.54, 1.807) is 12.0 Å². The zero-order valence-electron chi connectivity index (χ0n) is 24.9. The monoisotopic (exact) mass is 688 g/mol. The Kier molecular flexibility index (Phi) is 9.69. The molecular weight excluding hydrogens is 653 g/mol. The van der Waals surface area contributed by atoms with Gasteiger partial charge in [-0.2, -0.15) is 13.2 Å². The van der Waals surface area contributed by atoms with E-state index in [4.69, 9.17) is 25.8 Å². The Hall–Kier alpha value is -2.50. The van der Waals surface area contributed by atoms with Gasteiger partial charge in [-0.25, -0.2) is 4.79 Å². The van der Waals surface area contributed by atoms with Crippen LogP contribution in [-0.2, 0) is 19.9 Å². The molecule has 0 aromatic heterocycles. The number of nitrogens with zero attached hydrogens (tertiary/aromatic N) is 2. The number of para-hydroxylation sites is 1. The van der Waals surface area contributed by atoms with Crippen LogP contribution < -0.4 is 4.74 Å². The van der Waals surface area contributed by atoms with Crippen molar-refractivity contribution in [3.05, 3.63) is 63.1 Å². The Morgan fingerprint density at radius 2 is 1.58 bits per heavy atom. The van der Waals surface area contributed by atoms with Crippen molar-refractivity contribution >= 4 is 39.5 Å². The molecule has 2 aliphatic rings. The molecule has 0 N–H and O–H groups in total. The van der Waals surface area contributed by atoms with Crippen LogP contribution in [0.15, 0.2) is 46.9 Å². The van der Waals surface area contributed by atoms with Gasteiger partial charge in [0.15, 0.2) is 0 Å². The fourth-order valence-electron chi connectivity index (χ4n) is 6.37. The highest BCUT2D eigenvalue weighted by Crippen LogP contribution is 2.53. The number of rotatable bonds is 5. The smallest absolute Gasteiger partial charge is 0.430 e. The van der Waals surface area contributed by atoms with Crippen molar-refractivity contribution in [3.8, 4) is 5.75 Å². The Morgan fingerprint density at radius 3 is 2.12 bits per heavy atom. The minimum Gasteiger partial charge on any atom is -0.496 e. The van der Waals surface area contributed by atoms with Crippen molar-refractivity contribution < 1.29 is 37.0 Å². The second kappa shape index (κ2) is 12.5. The summed E-state index contributed by atoms with van der Waals surface area (Å²) in [6.45, 7) is 6.37. The Balaban J connectivity index is 1.66. The van der Waals surface area contributed by atoms with Gasteiger partial charge in [-0.3, -0.25) is 4.79 Å². The summed E-state index contributed by atoms with van der Waals surface area (Å²) in [5, 5.41) is 0.0387. The second-order valence-electron chi connectivity index (χ2n) is 12.2. The SMILES string of the molecule is COc1ccccc1C1CN(C(=O)OC(C)(C)C)CCC12CCN(C(=O)C(OC)(c1cc(Cl)cc(Br)c1)C(F)(F)F)CC2. The number of methoxy groups -OCH3 is 2. The molecular formula is C31H37BrClF3N2O5. The Bertz CT molecular complexity index is 1320. The molecule has 2 unspecified atom stereocenters. The summed E-state index contributed by atoms with van der Waals surface area (Å²) in [6, 6.07) is 11.3. The van der Waals surface area contributed by atoms with Crippen LogP contribution in [-0.4, -0.2) is 74.0 Å². The van der Waals surface area contributed by atoms with E-state index in [0.29, 0.717) is 42.6 Å². The molecule has 2 fully saturated rings. The van der Waals surface area contributed by atoms with Crippen LogP contribution in [0.5, 0.6) is 5.75 Å². The van der Waals surface area contributed by atoms with E-state index in [1.807, 2.05) is 45.0 Å². The van der Waals surface area contributed by atoms with Gasteiger partial charge in [-0.1, -0.05) is 45.7 Å². The molecule has 2 saturated heterocycles. The van der Waals surface area contributed by atoms with E-state index in [2.05, 4.69) is 15.9 Å². The van der Waals surface area contributed by atoms with Gasteiger partial charge in [0, 0.05) is 54.3 Å². The van der Waals surface area contributed by atoms with Crippen molar-refractivity contribution in [2.75, 3.05) is 40.4 Å². The van der Waals surface area contributed by atoms with Crippen LogP contribution in [0.2, 0.25) is 5.02 Å². The van der Waals surface area contributed by atoms with Crippen LogP contribution in [0.25, 0.3) is 0 Å². The van der Waals surface area contributed by atoms with Gasteiger partial charge in [-0.15, -0.1) is 0 Å². The molecule has 2 aromatic carbocycles. The van der Waals surface area contributed by atoms with Crippen LogP contribution in [0.3, 0.4) is 0 Å². The summed E-state index contributed by atoms with van der Waals surface area (Å²) in [6.07, 6.45) is -4.03. The molecule has 4 rings (SSSR count). The van der Waals surface area contributed by atoms with Crippen molar-refractivity contribution in [1.29, 1.82) is 0 Å². The van der Waals surface area contributed by atoms with Gasteiger partial charge in [-0.05, 0) is 75.3 Å². The predicted molar refractivity (Wildman–Crippen MR) is 160 cm³/mol. The van der Waals surface area contributed by atoms with E-state index in [9.17, 15) is 22.8 Å². The lowest BCUT2D eigenvalue weighted by atomic mass is 9.62. The van der Waals surface area contributed by atoms with Crippen molar-refractivity contribution in [2.45, 2.75) is 63.3 Å². The van der Waals surface area contributed by atoms with Gasteiger partial charge < -0.3 is 24.0 Å². The molecule has 2 heterocycles. The molecule has 0 saturated carbocycles. The van der Waals surface area contributed by atoms with Crippen LogP contribution in [0.1, 0.15) is 57.1 Å². The topological polar surface area (TPSA) is 68.3 Å². The van der Waals surface area contributed by atoms with E-state index in [0.717, 1.165) is 18.7 Å². The summed E-state index contributed by atoms with van der Waals surface area (Å²) < 4.78 is 61.1. The Morgan fingerprint density at radius 1 is 0.977 bits per heavy atom. The van der Waals surface area contributed by atoms with Gasteiger partial charge in [0.25, 0.3) is 11.5 Å². The van der Waals surface area contributed by atoms with Crippen LogP contribution in [0, 0.1) is 5.41 Å². The second-order valence-corrected chi connectivity index (χ2v) is 13.5. The fraction of sp³-hybridized carbons (Fsp3) is 0.548. The molecule has 2 aliphatic heterocycles. The van der Waals surface area contributed by atoms with Gasteiger partial charge >= 0.3 is 12.3 Å². The Labute approximate surface area is 263 Å². The number of likely N-dealkylation sites (tertiary alicyclic amines) is 2. The molecule has 2 aromatic rings. The number of ether oxygens (including phenoxy) is 3. The molecule has 0 radical (unpaired) electrons. The quantitative estimate of drug-likeness (QED) is 0.325. The first-order valence-electron chi connectivity index (χ1n) is 14.1. The number of piperidine rings is 2. The average Bonchev–Trinajstić information content (AvgIpc) is 2.92. The molecule has 0 bridgehead atoms. The summed E-state index contributed by atoms with van der Waals surface area (Å²) in [5.74, 6) is -0.717. The first-order valence-corrected chi connectivity index (χ1v) is 15.2. The number of alkyl halides is 3. The lowest BCUT2D eigenvalue weighted by Crippen LogP contribution is -2.60. The summed E-state index contributed by atoms with van der Waals surface area (Å²) in [5.41, 5.74) is -3.78. The van der Waals surface area contributed by atoms with E-state index >= 15 is 0 Å². The number of hydrogen-bond acceptors (Lipinski definition) is 5. The minimum atomic E-state index is -5.06. The number of hydrogen-bond donors (Lipinski definition) is 0. The lowest BCUT2D eigenvalue weighted by Gasteiger charge is -2.52. The first-order chi connectivity index (χ1) is 20.1. The van der Waals surface area contributed by atoms with Gasteiger partial charge in [0.2, 0.25) is 0 Å². The highest BCUT2D eigenvalue weighted by molar-refractivity contribution is 9.10. The minimum absolute atomic E-state index is 0.0387. The largest absolute Gasteiger partial charge is 0.496 e. The number of carbonyl (C=O) groups is 2. The molecule has 236 valence electrons. The summed E-state index contributed by atoms with van der Waals surface area (Å²) in [4.78, 5) is 29.8. The maximum atomic E-state index is 14.8. The maximum Gasteiger partial charge on any atom is 0.430 e. The molecule has 12 heteroatoms. The lowest BCUT2D eigenvalue weighted by molar-refractivity contribution is -0.271. The van der Waals surface area contributed by atoms with Gasteiger partial charge in [0.1, 0.15) is 11.4 Å². The predicted octanol–water partition coefficient (Wildman–Crippen LogP) is 7.55. The molecule has 43 heavy (non-hydrogen) atoms. The first kappa shape index (κ1) is 33.4. The normalized spacial score (nSPS) is 20.5. The molecule has 0 aliphatic carbocycles. The third-order valence-electron chi connectivity index (χ3n) is 8.51. The summed E-state index contributed by atoms with van der Waals surface area (Å²) in [7, 11) is 2.46. The molecule has 7 nitrogen and oxygen atoms in total. The van der Waals surface area contributed by atoms with Crippen LogP contribution in [0.4, 0.5) is 18.0 Å². The standard InChI is InChI=1S/C31H37BrClF3N2O5/c1-28(2,3)43-27(40)38-15-12-29(24(19-38)23-8-6-7-9-25(23)41-4)10-13-37(14-11-29)26(39)30(42-5,31(34,35)36)20-16-21(32)18-22(33)17-20/h6-9,16-18,24H,10-15,19H2,1-5H3. The van der Waals surface area contributed by atoms with Gasteiger partial charge in [0.05, 0.1) is 7.11 Å². The molecule has 1 spiro atoms. The molecule has 2 amide bonds. The molecule has 2 atom stereocenters. The maximum absolute atomic E-state index is 14.8. The zero-order chi connectivity index (χ0) is 31.8. The van der Waals surface area contributed by atoms with Crippen molar-refractivity contribution in [3.63, 3.8) is 0 Å². The van der Waals surface area contributed by atoms with E-state index in [-0.39, 0.29) is 24.0 Å². The van der Waals surface area contributed by atoms with Crippen molar-refractivity contribution in [2.24, 2.45) is 5.41 Å². The van der Waals surface area contributed by atoms with E-state index in [1.165, 1.54) is 17.0 Å². The summed E-state index contributed by atoms with van der Waals surface area (Å²) >= 11 is 9.28. The fourth-order valence-corrected chi connectivity index (χ4v) is 7.23. The average molecular weight is 690 g/mol. The third kappa shape index (κ3) is 6.63. The van der Waals surface area contributed by atoms with Crippen molar-refractivity contribution in [1.82, 2.24) is 9.80 Å². The number of halogens is 5. The third-order valence-corrected chi connectivity index (χ3v) is 9.19. The number of amides is 2. The highest BCUT2D eigenvalue weighted by atomic mass is 79.9. The number of benzene rings is 2. The highest BCUT2D eigenvalue weighted by Gasteiger charge is 2.64. The number of carbonyl (C=O) groups excluding carboxylic acids is 2.